The van der Waals surface area contributed by atoms with Gasteiger partial charge in [0.05, 0.1) is 6.79 Å². The van der Waals surface area contributed by atoms with Crippen molar-refractivity contribution in [3.05, 3.63) is 119 Å². The molecule has 0 radical (unpaired) electrons. The van der Waals surface area contributed by atoms with Gasteiger partial charge in [-0.15, -0.1) is 0 Å². The lowest BCUT2D eigenvalue weighted by atomic mass is 9.70. The molecule has 116 valence electrons. The van der Waals surface area contributed by atoms with E-state index in [4.69, 9.17) is 1.37 Å². The van der Waals surface area contributed by atoms with Gasteiger partial charge in [0.1, 0.15) is 0 Å². The summed E-state index contributed by atoms with van der Waals surface area (Å²) in [4.78, 5) is 0. The van der Waals surface area contributed by atoms with Crippen LogP contribution in [0.4, 0.5) is 0 Å². The van der Waals surface area contributed by atoms with Gasteiger partial charge in [0.15, 0.2) is 0 Å². The summed E-state index contributed by atoms with van der Waals surface area (Å²) in [5.74, 6) is 0. The van der Waals surface area contributed by atoms with Gasteiger partial charge in [-0.25, -0.2) is 0 Å². The molecular weight excluding hydrogens is 300 g/mol. The van der Waals surface area contributed by atoms with Gasteiger partial charge in [0.2, 0.25) is 0 Å². The van der Waals surface area contributed by atoms with Crippen LogP contribution < -0.4 is 0 Å². The molecule has 1 spiro atoms. The maximum absolute atomic E-state index is 8.29. The molecular formula is C25H16. The smallest absolute Gasteiger partial charge is 0.0619 e. The molecule has 2 aliphatic carbocycles. The number of benzene rings is 4. The van der Waals surface area contributed by atoms with Crippen LogP contribution in [0.2, 0.25) is 0 Å². The fourth-order valence-corrected chi connectivity index (χ4v) is 4.98. The molecule has 0 aromatic heterocycles. The van der Waals surface area contributed by atoms with Gasteiger partial charge in [-0.05, 0) is 44.5 Å². The van der Waals surface area contributed by atoms with Crippen molar-refractivity contribution in [2.45, 2.75) is 5.41 Å². The third-order valence-electron chi connectivity index (χ3n) is 5.84. The van der Waals surface area contributed by atoms with Gasteiger partial charge in [-0.1, -0.05) is 97.0 Å². The Labute approximate surface area is 148 Å². The van der Waals surface area contributed by atoms with Gasteiger partial charge in [0, 0.05) is 0 Å². The monoisotopic (exact) mass is 317 g/mol. The number of hydrogen-bond acceptors (Lipinski definition) is 0. The van der Waals surface area contributed by atoms with Crippen LogP contribution in [0.5, 0.6) is 0 Å². The first-order chi connectivity index (χ1) is 12.8. The van der Waals surface area contributed by atoms with Gasteiger partial charge >= 0.3 is 0 Å². The molecule has 0 aliphatic heterocycles. The van der Waals surface area contributed by atoms with E-state index in [1.54, 1.807) is 0 Å². The van der Waals surface area contributed by atoms with E-state index in [1.807, 2.05) is 6.07 Å². The highest BCUT2D eigenvalue weighted by Gasteiger charge is 2.51. The summed E-state index contributed by atoms with van der Waals surface area (Å²) in [6.45, 7) is 0. The first kappa shape index (κ1) is 12.3. The highest BCUT2D eigenvalue weighted by molar-refractivity contribution is 5.94. The lowest BCUT2D eigenvalue weighted by Gasteiger charge is -2.30. The lowest BCUT2D eigenvalue weighted by molar-refractivity contribution is 0.794. The molecule has 2 aliphatic rings. The van der Waals surface area contributed by atoms with Gasteiger partial charge in [-0.2, -0.15) is 0 Å². The highest BCUT2D eigenvalue weighted by Crippen LogP contribution is 2.62. The van der Waals surface area contributed by atoms with Crippen LogP contribution in [-0.4, -0.2) is 0 Å². The Hall–Kier alpha value is -3.12. The maximum Gasteiger partial charge on any atom is 0.0725 e. The predicted octanol–water partition coefficient (Wildman–Crippen LogP) is 6.03. The zero-order valence-electron chi connectivity index (χ0n) is 14.7. The summed E-state index contributed by atoms with van der Waals surface area (Å²) in [7, 11) is 0. The van der Waals surface area contributed by atoms with Crippen LogP contribution in [0.25, 0.3) is 22.3 Å². The second-order valence-electron chi connectivity index (χ2n) is 6.86. The molecule has 4 aromatic carbocycles. The Bertz CT molecular complexity index is 1140. The molecule has 0 amide bonds. The average Bonchev–Trinajstić information content (AvgIpc) is 3.15. The van der Waals surface area contributed by atoms with E-state index in [9.17, 15) is 0 Å². The normalized spacial score (nSPS) is 15.3. The van der Waals surface area contributed by atoms with E-state index in [2.05, 4.69) is 84.9 Å². The first-order valence-corrected chi connectivity index (χ1v) is 8.72. The van der Waals surface area contributed by atoms with E-state index < -0.39 is 0 Å². The summed E-state index contributed by atoms with van der Waals surface area (Å²) >= 11 is 0. The van der Waals surface area contributed by atoms with E-state index in [0.717, 1.165) is 0 Å². The Morgan fingerprint density at radius 2 is 0.800 bits per heavy atom. The number of hydrogen-bond donors (Lipinski definition) is 0. The fraction of sp³-hybridized carbons (Fsp3) is 0.0400. The fourth-order valence-electron chi connectivity index (χ4n) is 4.98. The number of fused-ring (bicyclic) bond motifs is 10. The molecule has 0 bridgehead atoms. The van der Waals surface area contributed by atoms with Gasteiger partial charge in [-0.3, -0.25) is 0 Å². The van der Waals surface area contributed by atoms with Crippen LogP contribution in [0.1, 0.15) is 23.6 Å². The summed E-state index contributed by atoms with van der Waals surface area (Å²) in [6.07, 6.45) is 0. The second kappa shape index (κ2) is 4.49. The zero-order valence-corrected chi connectivity index (χ0v) is 13.7. The van der Waals surface area contributed by atoms with Crippen molar-refractivity contribution < 1.29 is 1.37 Å². The third kappa shape index (κ3) is 1.40. The SMILES string of the molecule is [2H]c1ccc2c(c1)C1(c3ccccc3-c3ccccc31)c1ccccc1-2. The zero-order chi connectivity index (χ0) is 17.3. The van der Waals surface area contributed by atoms with Crippen molar-refractivity contribution in [2.75, 3.05) is 0 Å². The average molecular weight is 317 g/mol. The quantitative estimate of drug-likeness (QED) is 0.321. The van der Waals surface area contributed by atoms with Crippen LogP contribution in [0.15, 0.2) is 97.0 Å². The maximum atomic E-state index is 8.29. The molecule has 0 saturated heterocycles. The Morgan fingerprint density at radius 1 is 0.440 bits per heavy atom. The summed E-state index contributed by atoms with van der Waals surface area (Å²) in [6, 6.07) is 32.9. The Kier molecular flexibility index (Phi) is 2.20. The van der Waals surface area contributed by atoms with E-state index >= 15 is 0 Å². The molecule has 4 aromatic rings. The topological polar surface area (TPSA) is 0 Å². The Morgan fingerprint density at radius 3 is 1.28 bits per heavy atom. The third-order valence-corrected chi connectivity index (χ3v) is 5.84. The lowest BCUT2D eigenvalue weighted by Crippen LogP contribution is -2.25. The van der Waals surface area contributed by atoms with Gasteiger partial charge < -0.3 is 0 Å². The molecule has 0 heteroatoms. The van der Waals surface area contributed by atoms with E-state index in [-0.39, 0.29) is 5.41 Å². The standard InChI is InChI=1S/C25H16/c1-5-13-21-17(9-1)18-10-2-6-14-22(18)25(21)23-15-7-3-11-19(23)20-12-4-8-16-24(20)25/h1-16H/i5D. The van der Waals surface area contributed by atoms with Crippen LogP contribution in [-0.2, 0) is 5.41 Å². The molecule has 6 rings (SSSR count). The molecule has 0 heterocycles. The minimum Gasteiger partial charge on any atom is -0.0619 e. The first-order valence-electron chi connectivity index (χ1n) is 9.22. The molecule has 0 saturated carbocycles. The van der Waals surface area contributed by atoms with Crippen molar-refractivity contribution in [2.24, 2.45) is 0 Å². The minimum atomic E-state index is -0.309. The molecule has 0 N–H and O–H groups in total. The van der Waals surface area contributed by atoms with Crippen molar-refractivity contribution >= 4 is 0 Å². The molecule has 0 atom stereocenters. The second-order valence-corrected chi connectivity index (χ2v) is 6.86. The van der Waals surface area contributed by atoms with Gasteiger partial charge in [0.25, 0.3) is 0 Å². The molecule has 0 nitrogen and oxygen atoms in total. The molecule has 0 unspecified atom stereocenters. The highest BCUT2D eigenvalue weighted by atomic mass is 14.5. The Balaban J connectivity index is 1.88. The van der Waals surface area contributed by atoms with Crippen LogP contribution in [0.3, 0.4) is 0 Å². The van der Waals surface area contributed by atoms with E-state index in [1.165, 1.54) is 44.5 Å². The molecule has 25 heavy (non-hydrogen) atoms. The van der Waals surface area contributed by atoms with Crippen molar-refractivity contribution in [3.63, 3.8) is 0 Å². The van der Waals surface area contributed by atoms with Crippen molar-refractivity contribution in [3.8, 4) is 22.3 Å². The molecule has 0 fully saturated rings. The van der Waals surface area contributed by atoms with Crippen molar-refractivity contribution in [1.82, 2.24) is 0 Å². The summed E-state index contributed by atoms with van der Waals surface area (Å²) < 4.78 is 8.29. The summed E-state index contributed by atoms with van der Waals surface area (Å²) in [5.41, 5.74) is 10.1. The minimum absolute atomic E-state index is 0.309. The summed E-state index contributed by atoms with van der Waals surface area (Å²) in [5, 5.41) is 0. The van der Waals surface area contributed by atoms with Crippen LogP contribution >= 0.6 is 0 Å². The van der Waals surface area contributed by atoms with E-state index in [0.29, 0.717) is 6.04 Å². The van der Waals surface area contributed by atoms with Crippen LogP contribution in [0, 0.1) is 0 Å². The largest absolute Gasteiger partial charge is 0.0725 e. The van der Waals surface area contributed by atoms with Crippen molar-refractivity contribution in [1.29, 1.82) is 0 Å². The predicted molar refractivity (Wildman–Crippen MR) is 103 cm³/mol. The number of rotatable bonds is 0.